The standard InChI is InChI=1S/C19H20BrN3O5/c1-27-16-9-14(15(20)10-17(16)28-2)11-21-22-19(25)13-5-3-4-12(8-13)6-7-18(24)23-26/h3-11,18,23-24,26H,1-2H3,(H,22,25). The average Bonchev–Trinajstić information content (AvgIpc) is 2.72. The van der Waals surface area contributed by atoms with E-state index in [4.69, 9.17) is 14.7 Å². The molecule has 0 aliphatic carbocycles. The summed E-state index contributed by atoms with van der Waals surface area (Å²) in [6.45, 7) is 0. The molecular formula is C19H20BrN3O5. The van der Waals surface area contributed by atoms with Crippen molar-refractivity contribution >= 4 is 34.1 Å². The zero-order valence-corrected chi connectivity index (χ0v) is 16.8. The number of amides is 1. The number of ether oxygens (including phenoxy) is 2. The molecule has 0 spiro atoms. The third-order valence-corrected chi connectivity index (χ3v) is 4.31. The Morgan fingerprint density at radius 3 is 2.61 bits per heavy atom. The van der Waals surface area contributed by atoms with E-state index in [0.29, 0.717) is 28.2 Å². The second kappa shape index (κ2) is 10.6. The SMILES string of the molecule is COc1cc(Br)c(C=NNC(=O)c2cccc(C=CC(O)NO)c2)cc1OC. The number of halogens is 1. The molecule has 9 heteroatoms. The number of hydroxylamine groups is 1. The van der Waals surface area contributed by atoms with Gasteiger partial charge in [0.25, 0.3) is 5.91 Å². The molecule has 2 rings (SSSR count). The largest absolute Gasteiger partial charge is 0.493 e. The smallest absolute Gasteiger partial charge is 0.271 e. The number of aliphatic hydroxyl groups is 1. The summed E-state index contributed by atoms with van der Waals surface area (Å²) in [5, 5.41) is 21.8. The Hall–Kier alpha value is -2.72. The Bertz CT molecular complexity index is 886. The molecule has 0 saturated carbocycles. The Kier molecular flexibility index (Phi) is 8.15. The van der Waals surface area contributed by atoms with Crippen LogP contribution < -0.4 is 20.4 Å². The maximum absolute atomic E-state index is 12.3. The van der Waals surface area contributed by atoms with Crippen molar-refractivity contribution in [3.05, 3.63) is 63.6 Å². The van der Waals surface area contributed by atoms with Crippen molar-refractivity contribution in [3.8, 4) is 11.5 Å². The van der Waals surface area contributed by atoms with E-state index in [0.717, 1.165) is 4.47 Å². The van der Waals surface area contributed by atoms with Crippen LogP contribution in [0.1, 0.15) is 21.5 Å². The highest BCUT2D eigenvalue weighted by Crippen LogP contribution is 2.32. The van der Waals surface area contributed by atoms with Gasteiger partial charge in [-0.05, 0) is 51.8 Å². The second-order valence-electron chi connectivity index (χ2n) is 5.49. The quantitative estimate of drug-likeness (QED) is 0.280. The lowest BCUT2D eigenvalue weighted by Gasteiger charge is -2.09. The molecule has 28 heavy (non-hydrogen) atoms. The lowest BCUT2D eigenvalue weighted by Crippen LogP contribution is -2.21. The summed E-state index contributed by atoms with van der Waals surface area (Å²) in [4.78, 5) is 12.3. The summed E-state index contributed by atoms with van der Waals surface area (Å²) in [7, 11) is 3.08. The predicted molar refractivity (Wildman–Crippen MR) is 109 cm³/mol. The van der Waals surface area contributed by atoms with Gasteiger partial charge in [-0.15, -0.1) is 0 Å². The molecule has 0 aliphatic heterocycles. The van der Waals surface area contributed by atoms with Crippen LogP contribution in [-0.4, -0.2) is 42.9 Å². The Morgan fingerprint density at radius 1 is 1.21 bits per heavy atom. The van der Waals surface area contributed by atoms with Crippen LogP contribution in [0.25, 0.3) is 6.08 Å². The number of hydrogen-bond acceptors (Lipinski definition) is 7. The van der Waals surface area contributed by atoms with Gasteiger partial charge in [-0.3, -0.25) is 4.79 Å². The highest BCUT2D eigenvalue weighted by Gasteiger charge is 2.09. The molecule has 0 aliphatic rings. The summed E-state index contributed by atoms with van der Waals surface area (Å²) in [6.07, 6.45) is 3.19. The third kappa shape index (κ3) is 5.89. The van der Waals surface area contributed by atoms with Gasteiger partial charge in [-0.2, -0.15) is 10.6 Å². The van der Waals surface area contributed by atoms with Gasteiger partial charge in [0.15, 0.2) is 11.5 Å². The molecule has 8 nitrogen and oxygen atoms in total. The topological polar surface area (TPSA) is 112 Å². The van der Waals surface area contributed by atoms with E-state index in [1.165, 1.54) is 19.4 Å². The Balaban J connectivity index is 2.09. The van der Waals surface area contributed by atoms with Crippen molar-refractivity contribution in [2.75, 3.05) is 14.2 Å². The molecule has 0 radical (unpaired) electrons. The van der Waals surface area contributed by atoms with Crippen molar-refractivity contribution < 1.29 is 24.6 Å². The monoisotopic (exact) mass is 449 g/mol. The molecule has 0 heterocycles. The van der Waals surface area contributed by atoms with Crippen LogP contribution in [0.4, 0.5) is 0 Å². The van der Waals surface area contributed by atoms with Crippen LogP contribution in [0.2, 0.25) is 0 Å². The molecular weight excluding hydrogens is 430 g/mol. The van der Waals surface area contributed by atoms with Crippen LogP contribution in [0.15, 0.2) is 52.0 Å². The molecule has 2 aromatic rings. The number of aliphatic hydroxyl groups excluding tert-OH is 1. The molecule has 0 bridgehead atoms. The first-order chi connectivity index (χ1) is 13.5. The lowest BCUT2D eigenvalue weighted by molar-refractivity contribution is 0.0323. The molecule has 148 valence electrons. The normalized spacial score (nSPS) is 12.3. The first kappa shape index (κ1) is 21.6. The van der Waals surface area contributed by atoms with Crippen molar-refractivity contribution in [2.45, 2.75) is 6.23 Å². The van der Waals surface area contributed by atoms with E-state index < -0.39 is 12.1 Å². The molecule has 0 saturated heterocycles. The molecule has 1 atom stereocenters. The summed E-state index contributed by atoms with van der Waals surface area (Å²) in [5.41, 5.74) is 5.90. The Morgan fingerprint density at radius 2 is 1.93 bits per heavy atom. The zero-order chi connectivity index (χ0) is 20.5. The predicted octanol–water partition coefficient (Wildman–Crippen LogP) is 2.54. The highest BCUT2D eigenvalue weighted by atomic mass is 79.9. The maximum Gasteiger partial charge on any atom is 0.271 e. The van der Waals surface area contributed by atoms with Gasteiger partial charge >= 0.3 is 0 Å². The maximum atomic E-state index is 12.3. The number of nitrogens with one attached hydrogen (secondary N) is 2. The minimum absolute atomic E-state index is 0.386. The zero-order valence-electron chi connectivity index (χ0n) is 15.2. The van der Waals surface area contributed by atoms with E-state index in [2.05, 4.69) is 26.5 Å². The Labute approximate surface area is 170 Å². The fraction of sp³-hybridized carbons (Fsp3) is 0.158. The number of rotatable bonds is 8. The number of hydrogen-bond donors (Lipinski definition) is 4. The fourth-order valence-electron chi connectivity index (χ4n) is 2.22. The molecule has 2 aromatic carbocycles. The van der Waals surface area contributed by atoms with Gasteiger partial charge in [0.05, 0.1) is 20.4 Å². The number of carbonyl (C=O) groups excluding carboxylic acids is 1. The lowest BCUT2D eigenvalue weighted by atomic mass is 10.1. The van der Waals surface area contributed by atoms with E-state index in [1.807, 2.05) is 0 Å². The number of hydrazone groups is 1. The van der Waals surface area contributed by atoms with E-state index in [1.54, 1.807) is 55.1 Å². The summed E-state index contributed by atoms with van der Waals surface area (Å²) >= 11 is 3.42. The van der Waals surface area contributed by atoms with Crippen molar-refractivity contribution in [1.82, 2.24) is 10.9 Å². The number of methoxy groups -OCH3 is 2. The molecule has 1 amide bonds. The second-order valence-corrected chi connectivity index (χ2v) is 6.34. The molecule has 4 N–H and O–H groups in total. The van der Waals surface area contributed by atoms with Crippen LogP contribution in [0.5, 0.6) is 11.5 Å². The first-order valence-corrected chi connectivity index (χ1v) is 8.88. The minimum atomic E-state index is -1.19. The molecule has 0 aromatic heterocycles. The number of carbonyl (C=O) groups is 1. The van der Waals surface area contributed by atoms with Gasteiger partial charge in [-0.1, -0.05) is 18.2 Å². The van der Waals surface area contributed by atoms with Crippen LogP contribution in [-0.2, 0) is 0 Å². The summed E-state index contributed by atoms with van der Waals surface area (Å²) in [5.74, 6) is 0.711. The van der Waals surface area contributed by atoms with Gasteiger partial charge in [-0.25, -0.2) is 5.43 Å². The van der Waals surface area contributed by atoms with E-state index in [9.17, 15) is 9.90 Å². The molecule has 1 unspecified atom stereocenters. The summed E-state index contributed by atoms with van der Waals surface area (Å²) < 4.78 is 11.2. The van der Waals surface area contributed by atoms with Crippen molar-refractivity contribution in [3.63, 3.8) is 0 Å². The van der Waals surface area contributed by atoms with Gasteiger partial charge in [0.1, 0.15) is 6.23 Å². The minimum Gasteiger partial charge on any atom is -0.493 e. The number of benzene rings is 2. The van der Waals surface area contributed by atoms with Gasteiger partial charge in [0, 0.05) is 15.6 Å². The van der Waals surface area contributed by atoms with Crippen molar-refractivity contribution in [2.24, 2.45) is 5.10 Å². The van der Waals surface area contributed by atoms with Crippen LogP contribution in [0.3, 0.4) is 0 Å². The van der Waals surface area contributed by atoms with Crippen LogP contribution >= 0.6 is 15.9 Å². The molecule has 0 fully saturated rings. The third-order valence-electron chi connectivity index (χ3n) is 3.62. The summed E-state index contributed by atoms with van der Waals surface area (Å²) in [6, 6.07) is 10.2. The van der Waals surface area contributed by atoms with E-state index >= 15 is 0 Å². The van der Waals surface area contributed by atoms with Crippen molar-refractivity contribution in [1.29, 1.82) is 0 Å². The van der Waals surface area contributed by atoms with Gasteiger partial charge < -0.3 is 19.8 Å². The number of nitrogens with zero attached hydrogens (tertiary/aromatic N) is 1. The first-order valence-electron chi connectivity index (χ1n) is 8.09. The van der Waals surface area contributed by atoms with Crippen LogP contribution in [0, 0.1) is 0 Å². The average molecular weight is 450 g/mol. The van der Waals surface area contributed by atoms with E-state index in [-0.39, 0.29) is 0 Å². The fourth-order valence-corrected chi connectivity index (χ4v) is 2.65. The highest BCUT2D eigenvalue weighted by molar-refractivity contribution is 9.10. The van der Waals surface area contributed by atoms with Gasteiger partial charge in [0.2, 0.25) is 0 Å².